The second-order valence-corrected chi connectivity index (χ2v) is 7.30. The number of likely N-dealkylation sites (N-methyl/N-ethyl adjacent to an activating group) is 1. The first-order chi connectivity index (χ1) is 11.6. The molecule has 6 nitrogen and oxygen atoms in total. The fraction of sp³-hybridized carbons (Fsp3) is 0.778. The Hall–Kier alpha value is -1.40. The first-order valence-electron chi connectivity index (χ1n) is 9.44. The van der Waals surface area contributed by atoms with Crippen LogP contribution < -0.4 is 10.6 Å². The zero-order chi connectivity index (χ0) is 16.9. The Morgan fingerprint density at radius 1 is 1.21 bits per heavy atom. The van der Waals surface area contributed by atoms with Gasteiger partial charge in [0.25, 0.3) is 0 Å². The van der Waals surface area contributed by atoms with Gasteiger partial charge in [0.1, 0.15) is 5.82 Å². The summed E-state index contributed by atoms with van der Waals surface area (Å²) in [6.07, 6.45) is 3.60. The lowest BCUT2D eigenvalue weighted by molar-refractivity contribution is 0.158. The van der Waals surface area contributed by atoms with Crippen molar-refractivity contribution in [2.24, 2.45) is 0 Å². The van der Waals surface area contributed by atoms with Gasteiger partial charge in [0.15, 0.2) is 0 Å². The molecule has 0 radical (unpaired) electrons. The van der Waals surface area contributed by atoms with Crippen molar-refractivity contribution in [2.75, 3.05) is 56.9 Å². The summed E-state index contributed by atoms with van der Waals surface area (Å²) in [6, 6.07) is 2.54. The van der Waals surface area contributed by atoms with E-state index in [2.05, 4.69) is 52.4 Å². The summed E-state index contributed by atoms with van der Waals surface area (Å²) < 4.78 is 0. The Morgan fingerprint density at radius 3 is 2.62 bits per heavy atom. The van der Waals surface area contributed by atoms with Crippen molar-refractivity contribution >= 4 is 11.8 Å². The molecule has 2 heterocycles. The number of nitrogens with zero attached hydrogens (tertiary/aromatic N) is 4. The molecule has 2 fully saturated rings. The maximum Gasteiger partial charge on any atom is 0.225 e. The molecule has 0 amide bonds. The molecule has 0 unspecified atom stereocenters. The summed E-state index contributed by atoms with van der Waals surface area (Å²) in [5, 5.41) is 6.93. The lowest BCUT2D eigenvalue weighted by Crippen LogP contribution is -2.45. The van der Waals surface area contributed by atoms with Crippen molar-refractivity contribution in [2.45, 2.75) is 45.1 Å². The van der Waals surface area contributed by atoms with E-state index in [1.807, 2.05) is 0 Å². The SMILES string of the molecule is CC[C@H](C)Nc1nc(NCCN2CCN(C)CC2)cc(C2CC2)n1. The maximum absolute atomic E-state index is 4.71. The molecule has 1 aromatic heterocycles. The minimum absolute atomic E-state index is 0.401. The van der Waals surface area contributed by atoms with Crippen molar-refractivity contribution in [3.05, 3.63) is 11.8 Å². The summed E-state index contributed by atoms with van der Waals surface area (Å²) in [4.78, 5) is 14.3. The average molecular weight is 332 g/mol. The van der Waals surface area contributed by atoms with Gasteiger partial charge < -0.3 is 15.5 Å². The number of hydrogen-bond acceptors (Lipinski definition) is 6. The highest BCUT2D eigenvalue weighted by atomic mass is 15.3. The van der Waals surface area contributed by atoms with Gasteiger partial charge in [-0.2, -0.15) is 4.98 Å². The smallest absolute Gasteiger partial charge is 0.225 e. The van der Waals surface area contributed by atoms with Crippen LogP contribution in [0.2, 0.25) is 0 Å². The van der Waals surface area contributed by atoms with E-state index in [9.17, 15) is 0 Å². The van der Waals surface area contributed by atoms with Crippen LogP contribution in [0.3, 0.4) is 0 Å². The zero-order valence-corrected chi connectivity index (χ0v) is 15.4. The van der Waals surface area contributed by atoms with Crippen LogP contribution in [0.5, 0.6) is 0 Å². The van der Waals surface area contributed by atoms with Gasteiger partial charge in [0.05, 0.1) is 5.69 Å². The summed E-state index contributed by atoms with van der Waals surface area (Å²) in [6.45, 7) is 11.0. The first kappa shape index (κ1) is 17.4. The summed E-state index contributed by atoms with van der Waals surface area (Å²) in [7, 11) is 2.20. The van der Waals surface area contributed by atoms with Gasteiger partial charge in [-0.3, -0.25) is 4.90 Å². The van der Waals surface area contributed by atoms with Gasteiger partial charge in [0, 0.05) is 57.3 Å². The van der Waals surface area contributed by atoms with E-state index in [4.69, 9.17) is 4.98 Å². The standard InChI is InChI=1S/C18H32N6/c1-4-14(2)20-18-21-16(15-5-6-15)13-17(22-18)19-7-8-24-11-9-23(3)10-12-24/h13-15H,4-12H2,1-3H3,(H2,19,20,21,22)/t14-/m0/s1. The Bertz CT molecular complexity index is 522. The second kappa shape index (κ2) is 8.12. The molecule has 1 aliphatic heterocycles. The zero-order valence-electron chi connectivity index (χ0n) is 15.4. The van der Waals surface area contributed by atoms with Gasteiger partial charge >= 0.3 is 0 Å². The maximum atomic E-state index is 4.71. The highest BCUT2D eigenvalue weighted by Crippen LogP contribution is 2.39. The van der Waals surface area contributed by atoms with Gasteiger partial charge in [-0.25, -0.2) is 4.98 Å². The Morgan fingerprint density at radius 2 is 1.96 bits per heavy atom. The first-order valence-corrected chi connectivity index (χ1v) is 9.44. The predicted octanol–water partition coefficient (Wildman–Crippen LogP) is 2.22. The van der Waals surface area contributed by atoms with Crippen molar-refractivity contribution in [3.8, 4) is 0 Å². The molecule has 0 aromatic carbocycles. The van der Waals surface area contributed by atoms with E-state index in [-0.39, 0.29) is 0 Å². The number of hydrogen-bond donors (Lipinski definition) is 2. The molecule has 2 aliphatic rings. The molecule has 1 saturated heterocycles. The number of nitrogens with one attached hydrogen (secondary N) is 2. The molecule has 2 N–H and O–H groups in total. The largest absolute Gasteiger partial charge is 0.369 e. The molecule has 0 spiro atoms. The van der Waals surface area contributed by atoms with Crippen LogP contribution in [-0.2, 0) is 0 Å². The third-order valence-electron chi connectivity index (χ3n) is 5.06. The fourth-order valence-electron chi connectivity index (χ4n) is 2.95. The Labute approximate surface area is 146 Å². The Balaban J connectivity index is 1.55. The molecular formula is C18H32N6. The van der Waals surface area contributed by atoms with Crippen molar-refractivity contribution in [1.82, 2.24) is 19.8 Å². The fourth-order valence-corrected chi connectivity index (χ4v) is 2.95. The van der Waals surface area contributed by atoms with Crippen molar-refractivity contribution < 1.29 is 0 Å². The molecule has 134 valence electrons. The van der Waals surface area contributed by atoms with Gasteiger partial charge in [-0.15, -0.1) is 0 Å². The quantitative estimate of drug-likeness (QED) is 0.761. The minimum atomic E-state index is 0.401. The minimum Gasteiger partial charge on any atom is -0.369 e. The average Bonchev–Trinajstić information content (AvgIpc) is 3.41. The molecular weight excluding hydrogens is 300 g/mol. The van der Waals surface area contributed by atoms with Crippen LogP contribution in [0.1, 0.15) is 44.7 Å². The van der Waals surface area contributed by atoms with E-state index in [1.54, 1.807) is 0 Å². The molecule has 3 rings (SSSR count). The van der Waals surface area contributed by atoms with Crippen LogP contribution in [0, 0.1) is 0 Å². The van der Waals surface area contributed by atoms with Crippen LogP contribution in [0.4, 0.5) is 11.8 Å². The molecule has 1 aromatic rings. The molecule has 24 heavy (non-hydrogen) atoms. The lowest BCUT2D eigenvalue weighted by Gasteiger charge is -2.32. The third-order valence-corrected chi connectivity index (χ3v) is 5.06. The Kier molecular flexibility index (Phi) is 5.89. The summed E-state index contributed by atoms with van der Waals surface area (Å²) in [5.74, 6) is 2.38. The van der Waals surface area contributed by atoms with Crippen molar-refractivity contribution in [1.29, 1.82) is 0 Å². The molecule has 0 bridgehead atoms. The summed E-state index contributed by atoms with van der Waals surface area (Å²) >= 11 is 0. The van der Waals surface area contributed by atoms with E-state index in [0.717, 1.165) is 44.4 Å². The highest BCUT2D eigenvalue weighted by molar-refractivity contribution is 5.44. The number of rotatable bonds is 8. The molecule has 1 atom stereocenters. The van der Waals surface area contributed by atoms with E-state index < -0.39 is 0 Å². The number of aromatic nitrogens is 2. The third kappa shape index (κ3) is 5.05. The monoisotopic (exact) mass is 332 g/mol. The van der Waals surface area contributed by atoms with E-state index in [1.165, 1.54) is 31.6 Å². The van der Waals surface area contributed by atoms with E-state index in [0.29, 0.717) is 12.0 Å². The van der Waals surface area contributed by atoms with Crippen LogP contribution in [0.25, 0.3) is 0 Å². The summed E-state index contributed by atoms with van der Waals surface area (Å²) in [5.41, 5.74) is 1.19. The number of anilines is 2. The predicted molar refractivity (Wildman–Crippen MR) is 99.8 cm³/mol. The van der Waals surface area contributed by atoms with Gasteiger partial charge in [-0.1, -0.05) is 6.92 Å². The van der Waals surface area contributed by atoms with Crippen LogP contribution >= 0.6 is 0 Å². The topological polar surface area (TPSA) is 56.3 Å². The molecule has 1 aliphatic carbocycles. The number of piperazine rings is 1. The second-order valence-electron chi connectivity index (χ2n) is 7.30. The molecule has 1 saturated carbocycles. The van der Waals surface area contributed by atoms with Crippen LogP contribution in [0.15, 0.2) is 6.07 Å². The van der Waals surface area contributed by atoms with Crippen LogP contribution in [-0.4, -0.2) is 72.1 Å². The van der Waals surface area contributed by atoms with Gasteiger partial charge in [-0.05, 0) is 33.2 Å². The van der Waals surface area contributed by atoms with Crippen molar-refractivity contribution in [3.63, 3.8) is 0 Å². The normalized spacial score (nSPS) is 20.8. The van der Waals surface area contributed by atoms with Gasteiger partial charge in [0.2, 0.25) is 5.95 Å². The molecule has 6 heteroatoms. The lowest BCUT2D eigenvalue weighted by atomic mass is 10.2. The highest BCUT2D eigenvalue weighted by Gasteiger charge is 2.26. The van der Waals surface area contributed by atoms with E-state index >= 15 is 0 Å².